The zero-order chi connectivity index (χ0) is 21.8. The van der Waals surface area contributed by atoms with Crippen molar-refractivity contribution in [3.8, 4) is 0 Å². The fourth-order valence-electron chi connectivity index (χ4n) is 4.07. The first kappa shape index (κ1) is 21.0. The maximum Gasteiger partial charge on any atom is 0.324 e. The van der Waals surface area contributed by atoms with Crippen LogP contribution in [0.25, 0.3) is 0 Å². The summed E-state index contributed by atoms with van der Waals surface area (Å²) in [6.45, 7) is 7.92. The third kappa shape index (κ3) is 4.93. The van der Waals surface area contributed by atoms with Crippen LogP contribution in [0.5, 0.6) is 0 Å². The average molecular weight is 426 g/mol. The van der Waals surface area contributed by atoms with E-state index in [4.69, 9.17) is 0 Å². The Bertz CT molecular complexity index is 1040. The molecule has 1 aliphatic heterocycles. The van der Waals surface area contributed by atoms with E-state index in [2.05, 4.69) is 39.6 Å². The fraction of sp³-hybridized carbons (Fsp3) is 0.409. The van der Waals surface area contributed by atoms with E-state index in [9.17, 15) is 9.18 Å². The second kappa shape index (κ2) is 9.30. The minimum absolute atomic E-state index is 0.218. The Morgan fingerprint density at radius 1 is 1.19 bits per heavy atom. The van der Waals surface area contributed by atoms with E-state index in [1.165, 1.54) is 23.4 Å². The summed E-state index contributed by atoms with van der Waals surface area (Å²) >= 11 is 0. The molecule has 0 saturated carbocycles. The van der Waals surface area contributed by atoms with Gasteiger partial charge in [-0.2, -0.15) is 10.2 Å². The van der Waals surface area contributed by atoms with Gasteiger partial charge in [0.25, 0.3) is 0 Å². The Hall–Kier alpha value is -3.20. The molecule has 0 radical (unpaired) electrons. The number of aryl methyl sites for hydroxylation is 1. The van der Waals surface area contributed by atoms with Crippen LogP contribution in [-0.4, -0.2) is 43.6 Å². The molecular weight excluding hydrogens is 397 g/mol. The molecule has 0 aliphatic carbocycles. The normalized spacial score (nSPS) is 15.2. The molecule has 3 aromatic rings. The predicted octanol–water partition coefficient (Wildman–Crippen LogP) is 4.03. The van der Waals surface area contributed by atoms with Crippen LogP contribution < -0.4 is 10.6 Å². The molecule has 31 heavy (non-hydrogen) atoms. The van der Waals surface area contributed by atoms with Crippen LogP contribution in [0.15, 0.2) is 42.7 Å². The van der Waals surface area contributed by atoms with Crippen LogP contribution >= 0.6 is 0 Å². The van der Waals surface area contributed by atoms with Crippen molar-refractivity contribution >= 4 is 17.5 Å². The highest BCUT2D eigenvalue weighted by Crippen LogP contribution is 2.26. The van der Waals surface area contributed by atoms with Gasteiger partial charge in [-0.15, -0.1) is 0 Å². The second-order valence-electron chi connectivity index (χ2n) is 7.83. The number of rotatable bonds is 6. The summed E-state index contributed by atoms with van der Waals surface area (Å²) in [6.07, 6.45) is 5.55. The number of nitrogens with zero attached hydrogens (tertiary/aromatic N) is 5. The molecule has 1 aliphatic rings. The van der Waals surface area contributed by atoms with Gasteiger partial charge < -0.3 is 5.32 Å². The first-order valence-corrected chi connectivity index (χ1v) is 10.6. The summed E-state index contributed by atoms with van der Waals surface area (Å²) in [6, 6.07) is 7.38. The van der Waals surface area contributed by atoms with Crippen molar-refractivity contribution in [2.75, 3.05) is 23.7 Å². The van der Waals surface area contributed by atoms with E-state index in [-0.39, 0.29) is 6.04 Å². The van der Waals surface area contributed by atoms with Gasteiger partial charge in [0.1, 0.15) is 11.6 Å². The summed E-state index contributed by atoms with van der Waals surface area (Å²) < 4.78 is 17.2. The van der Waals surface area contributed by atoms with E-state index in [0.717, 1.165) is 39.0 Å². The topological polar surface area (TPSA) is 80.0 Å². The van der Waals surface area contributed by atoms with E-state index in [0.29, 0.717) is 11.5 Å². The third-order valence-corrected chi connectivity index (χ3v) is 5.80. The Balaban J connectivity index is 1.33. The Kier molecular flexibility index (Phi) is 6.31. The lowest BCUT2D eigenvalue weighted by molar-refractivity contribution is 0.174. The highest BCUT2D eigenvalue weighted by Gasteiger charge is 2.24. The molecule has 1 saturated heterocycles. The zero-order valence-electron chi connectivity index (χ0n) is 17.9. The van der Waals surface area contributed by atoms with Gasteiger partial charge in [0.05, 0.1) is 18.4 Å². The van der Waals surface area contributed by atoms with Crippen molar-refractivity contribution in [3.05, 3.63) is 59.8 Å². The van der Waals surface area contributed by atoms with Gasteiger partial charge in [-0.25, -0.2) is 13.9 Å². The van der Waals surface area contributed by atoms with E-state index >= 15 is 0 Å². The number of carbonyl (C=O) groups excluding carboxylic acids is 1. The van der Waals surface area contributed by atoms with Gasteiger partial charge in [-0.3, -0.25) is 14.9 Å². The maximum absolute atomic E-state index is 13.3. The van der Waals surface area contributed by atoms with Crippen LogP contribution in [0.2, 0.25) is 0 Å². The van der Waals surface area contributed by atoms with Gasteiger partial charge in [-0.05, 0) is 44.9 Å². The standard InChI is InChI=1S/C22H28FN7O/c1-3-29-16(2)17(14-25-29)15-28-11-8-20(9-12-28)30-21(7-10-24-30)27-22(31)26-19-6-4-5-18(23)13-19/h4-7,10,13-14,20H,3,8-9,11-12,15H2,1-2H3,(H2,26,27,31). The minimum atomic E-state index is -0.423. The number of aromatic nitrogens is 4. The first-order valence-electron chi connectivity index (χ1n) is 10.6. The van der Waals surface area contributed by atoms with Crippen LogP contribution in [0.4, 0.5) is 20.7 Å². The van der Waals surface area contributed by atoms with Crippen LogP contribution in [-0.2, 0) is 13.1 Å². The molecule has 9 heteroatoms. The van der Waals surface area contributed by atoms with Gasteiger partial charge in [0.2, 0.25) is 0 Å². The molecule has 0 spiro atoms. The van der Waals surface area contributed by atoms with E-state index in [1.54, 1.807) is 24.4 Å². The molecule has 0 unspecified atom stereocenters. The van der Waals surface area contributed by atoms with Gasteiger partial charge in [0.15, 0.2) is 0 Å². The zero-order valence-corrected chi connectivity index (χ0v) is 17.9. The average Bonchev–Trinajstić information content (AvgIpc) is 3.35. The van der Waals surface area contributed by atoms with Crippen LogP contribution in [0.1, 0.15) is 37.1 Å². The summed E-state index contributed by atoms with van der Waals surface area (Å²) in [5.41, 5.74) is 2.90. The number of hydrogen-bond donors (Lipinski definition) is 2. The molecule has 164 valence electrons. The Labute approximate surface area is 181 Å². The first-order chi connectivity index (χ1) is 15.0. The molecule has 4 rings (SSSR count). The van der Waals surface area contributed by atoms with E-state index < -0.39 is 11.8 Å². The van der Waals surface area contributed by atoms with E-state index in [1.807, 2.05) is 15.6 Å². The number of benzene rings is 1. The summed E-state index contributed by atoms with van der Waals surface area (Å²) in [5, 5.41) is 14.3. The highest BCUT2D eigenvalue weighted by atomic mass is 19.1. The SMILES string of the molecule is CCn1ncc(CN2CCC(n3nccc3NC(=O)Nc3cccc(F)c3)CC2)c1C. The number of anilines is 2. The third-order valence-electron chi connectivity index (χ3n) is 5.80. The number of likely N-dealkylation sites (tertiary alicyclic amines) is 1. The van der Waals surface area contributed by atoms with Crippen molar-refractivity contribution < 1.29 is 9.18 Å². The van der Waals surface area contributed by atoms with Crippen molar-refractivity contribution in [3.63, 3.8) is 0 Å². The molecule has 8 nitrogen and oxygen atoms in total. The number of amides is 2. The number of carbonyl (C=O) groups is 1. The van der Waals surface area contributed by atoms with Crippen molar-refractivity contribution in [2.24, 2.45) is 0 Å². The Morgan fingerprint density at radius 2 is 2.00 bits per heavy atom. The van der Waals surface area contributed by atoms with Crippen molar-refractivity contribution in [2.45, 2.75) is 45.8 Å². The Morgan fingerprint density at radius 3 is 2.71 bits per heavy atom. The molecular formula is C22H28FN7O. The fourth-order valence-corrected chi connectivity index (χ4v) is 4.07. The molecule has 2 amide bonds. The molecule has 1 aromatic carbocycles. The monoisotopic (exact) mass is 425 g/mol. The summed E-state index contributed by atoms with van der Waals surface area (Å²) in [7, 11) is 0. The maximum atomic E-state index is 13.3. The molecule has 2 N–H and O–H groups in total. The lowest BCUT2D eigenvalue weighted by Crippen LogP contribution is -2.35. The van der Waals surface area contributed by atoms with Crippen LogP contribution in [0, 0.1) is 12.7 Å². The van der Waals surface area contributed by atoms with Crippen molar-refractivity contribution in [1.82, 2.24) is 24.5 Å². The summed E-state index contributed by atoms with van der Waals surface area (Å²) in [5.74, 6) is 0.235. The molecule has 2 aromatic heterocycles. The van der Waals surface area contributed by atoms with Crippen molar-refractivity contribution in [1.29, 1.82) is 0 Å². The number of nitrogens with one attached hydrogen (secondary N) is 2. The van der Waals surface area contributed by atoms with Gasteiger partial charge in [-0.1, -0.05) is 6.07 Å². The number of urea groups is 1. The number of piperidine rings is 1. The number of hydrogen-bond acceptors (Lipinski definition) is 4. The minimum Gasteiger partial charge on any atom is -0.308 e. The quantitative estimate of drug-likeness (QED) is 0.625. The van der Waals surface area contributed by atoms with Gasteiger partial charge >= 0.3 is 6.03 Å². The smallest absolute Gasteiger partial charge is 0.308 e. The largest absolute Gasteiger partial charge is 0.324 e. The lowest BCUT2D eigenvalue weighted by Gasteiger charge is -2.32. The van der Waals surface area contributed by atoms with Gasteiger partial charge in [0, 0.05) is 49.2 Å². The molecule has 0 bridgehead atoms. The lowest BCUT2D eigenvalue weighted by atomic mass is 10.0. The van der Waals surface area contributed by atoms with Crippen LogP contribution in [0.3, 0.4) is 0 Å². The molecule has 1 fully saturated rings. The summed E-state index contributed by atoms with van der Waals surface area (Å²) in [4.78, 5) is 14.8. The number of halogens is 1. The molecule has 0 atom stereocenters. The predicted molar refractivity (Wildman–Crippen MR) is 117 cm³/mol. The molecule has 3 heterocycles. The second-order valence-corrected chi connectivity index (χ2v) is 7.83. The highest BCUT2D eigenvalue weighted by molar-refractivity contribution is 5.99.